The van der Waals surface area contributed by atoms with Gasteiger partial charge in [0.1, 0.15) is 23.0 Å². The zero-order valence-electron chi connectivity index (χ0n) is 16.2. The predicted octanol–water partition coefficient (Wildman–Crippen LogP) is 4.28. The Labute approximate surface area is 183 Å². The maximum Gasteiger partial charge on any atom is 0.416 e. The van der Waals surface area contributed by atoms with Gasteiger partial charge >= 0.3 is 6.18 Å². The number of carbonyl (C=O) groups excluding carboxylic acids is 1. The van der Waals surface area contributed by atoms with Gasteiger partial charge in [-0.3, -0.25) is 9.36 Å². The molecule has 1 amide bonds. The van der Waals surface area contributed by atoms with Crippen LogP contribution in [-0.2, 0) is 6.18 Å². The third kappa shape index (κ3) is 3.42. The smallest absolute Gasteiger partial charge is 0.416 e. The van der Waals surface area contributed by atoms with Crippen LogP contribution in [0.2, 0.25) is 5.15 Å². The van der Waals surface area contributed by atoms with Gasteiger partial charge in [-0.25, -0.2) is 9.97 Å². The number of pyridine rings is 1. The Hall–Kier alpha value is -3.66. The average Bonchev–Trinajstić information content (AvgIpc) is 3.04. The molecule has 1 aliphatic rings. The van der Waals surface area contributed by atoms with Crippen molar-refractivity contribution in [1.82, 2.24) is 24.8 Å². The van der Waals surface area contributed by atoms with E-state index in [0.717, 1.165) is 17.5 Å². The van der Waals surface area contributed by atoms with Crippen LogP contribution in [0.15, 0.2) is 48.7 Å². The van der Waals surface area contributed by atoms with Crippen molar-refractivity contribution >= 4 is 28.5 Å². The lowest BCUT2D eigenvalue weighted by atomic mass is 10.2. The summed E-state index contributed by atoms with van der Waals surface area (Å²) in [5.74, 6) is -0.271. The summed E-state index contributed by atoms with van der Waals surface area (Å²) in [4.78, 5) is 25.3. The molecule has 0 saturated carbocycles. The molecular formula is C21H13ClF3N5O2. The number of nitrogens with zero attached hydrogens (tertiary/aromatic N) is 4. The van der Waals surface area contributed by atoms with Crippen LogP contribution in [-0.4, -0.2) is 38.6 Å². The van der Waals surface area contributed by atoms with Crippen molar-refractivity contribution in [2.45, 2.75) is 6.18 Å². The summed E-state index contributed by atoms with van der Waals surface area (Å²) in [6.07, 6.45) is -2.88. The molecular weight excluding hydrogens is 447 g/mol. The topological polar surface area (TPSA) is 81.9 Å². The van der Waals surface area contributed by atoms with Crippen molar-refractivity contribution in [2.75, 3.05) is 13.2 Å². The van der Waals surface area contributed by atoms with E-state index in [2.05, 4.69) is 20.3 Å². The van der Waals surface area contributed by atoms with E-state index in [1.54, 1.807) is 29.0 Å². The molecule has 0 bridgehead atoms. The van der Waals surface area contributed by atoms with E-state index in [9.17, 15) is 18.0 Å². The predicted molar refractivity (Wildman–Crippen MR) is 110 cm³/mol. The minimum absolute atomic E-state index is 0.0308. The summed E-state index contributed by atoms with van der Waals surface area (Å²) >= 11 is 6.29. The van der Waals surface area contributed by atoms with Gasteiger partial charge in [-0.15, -0.1) is 0 Å². The minimum atomic E-state index is -4.45. The van der Waals surface area contributed by atoms with E-state index in [4.69, 9.17) is 16.3 Å². The number of aromatic nitrogens is 4. The molecule has 11 heteroatoms. The first-order valence-electron chi connectivity index (χ1n) is 9.46. The molecule has 0 spiro atoms. The molecule has 1 N–H and O–H groups in total. The van der Waals surface area contributed by atoms with Gasteiger partial charge in [-0.1, -0.05) is 11.6 Å². The van der Waals surface area contributed by atoms with Crippen LogP contribution >= 0.6 is 11.6 Å². The molecule has 7 nitrogen and oxygen atoms in total. The minimum Gasteiger partial charge on any atom is -0.475 e. The van der Waals surface area contributed by atoms with E-state index in [0.29, 0.717) is 17.0 Å². The largest absolute Gasteiger partial charge is 0.475 e. The lowest BCUT2D eigenvalue weighted by Gasteiger charge is -2.13. The Morgan fingerprint density at radius 2 is 1.91 bits per heavy atom. The second kappa shape index (κ2) is 7.49. The number of rotatable bonds is 2. The van der Waals surface area contributed by atoms with Crippen LogP contribution in [0.4, 0.5) is 13.2 Å². The summed E-state index contributed by atoms with van der Waals surface area (Å²) in [6.45, 7) is 0.492. The summed E-state index contributed by atoms with van der Waals surface area (Å²) in [6, 6.07) is 9.96. The van der Waals surface area contributed by atoms with Crippen LogP contribution in [0, 0.1) is 0 Å². The zero-order valence-corrected chi connectivity index (χ0v) is 16.9. The van der Waals surface area contributed by atoms with Crippen LogP contribution in [0.25, 0.3) is 28.2 Å². The number of hydrogen-bond donors (Lipinski definition) is 1. The summed E-state index contributed by atoms with van der Waals surface area (Å²) < 4.78 is 46.3. The van der Waals surface area contributed by atoms with Gasteiger partial charge < -0.3 is 10.1 Å². The van der Waals surface area contributed by atoms with E-state index < -0.39 is 17.6 Å². The molecule has 0 radical (unpaired) electrons. The highest BCUT2D eigenvalue weighted by molar-refractivity contribution is 6.33. The molecule has 162 valence electrons. The van der Waals surface area contributed by atoms with E-state index in [-0.39, 0.29) is 35.6 Å². The van der Waals surface area contributed by atoms with Gasteiger partial charge in [0.2, 0.25) is 5.88 Å². The Balaban J connectivity index is 1.72. The number of carbonyl (C=O) groups is 1. The molecule has 3 aromatic heterocycles. The molecule has 4 heterocycles. The number of amides is 1. The number of benzene rings is 1. The molecule has 4 aromatic rings. The third-order valence-corrected chi connectivity index (χ3v) is 5.20. The molecule has 0 unspecified atom stereocenters. The highest BCUT2D eigenvalue weighted by Gasteiger charge is 2.30. The Bertz CT molecular complexity index is 1350. The monoisotopic (exact) mass is 459 g/mol. The van der Waals surface area contributed by atoms with Crippen LogP contribution in [0.5, 0.6) is 5.88 Å². The van der Waals surface area contributed by atoms with Crippen molar-refractivity contribution < 1.29 is 22.7 Å². The molecule has 0 atom stereocenters. The highest BCUT2D eigenvalue weighted by Crippen LogP contribution is 2.34. The van der Waals surface area contributed by atoms with E-state index in [1.807, 2.05) is 0 Å². The fourth-order valence-electron chi connectivity index (χ4n) is 3.48. The standard InChI is InChI=1S/C21H13ClF3N5O2/c22-16-15-19(31)27-8-9-32-20(15)29-17(28-16)14-10-11-2-1-7-26-18(11)30(14)13-5-3-12(4-6-13)21(23,24)25/h1-7,10H,8-9H2,(H,27,31). The highest BCUT2D eigenvalue weighted by atomic mass is 35.5. The van der Waals surface area contributed by atoms with Gasteiger partial charge in [0.25, 0.3) is 5.91 Å². The van der Waals surface area contributed by atoms with E-state index >= 15 is 0 Å². The molecule has 0 fully saturated rings. The second-order valence-electron chi connectivity index (χ2n) is 6.95. The number of hydrogen-bond acceptors (Lipinski definition) is 5. The first-order chi connectivity index (χ1) is 15.3. The fourth-order valence-corrected chi connectivity index (χ4v) is 3.73. The van der Waals surface area contributed by atoms with Crippen molar-refractivity contribution in [3.05, 3.63) is 64.9 Å². The lowest BCUT2D eigenvalue weighted by molar-refractivity contribution is -0.137. The molecule has 0 saturated heterocycles. The number of halogens is 4. The summed E-state index contributed by atoms with van der Waals surface area (Å²) in [7, 11) is 0. The summed E-state index contributed by atoms with van der Waals surface area (Å²) in [5, 5.41) is 3.26. The van der Waals surface area contributed by atoms with Gasteiger partial charge in [0.05, 0.1) is 17.8 Å². The SMILES string of the molecule is O=C1NCCOc2nc(-c3cc4cccnc4n3-c3ccc(C(F)(F)F)cc3)nc(Cl)c21. The molecule has 5 rings (SSSR count). The molecule has 32 heavy (non-hydrogen) atoms. The average molecular weight is 460 g/mol. The quantitative estimate of drug-likeness (QED) is 0.452. The number of ether oxygens (including phenoxy) is 1. The zero-order chi connectivity index (χ0) is 22.5. The van der Waals surface area contributed by atoms with Crippen LogP contribution in [0.1, 0.15) is 15.9 Å². The van der Waals surface area contributed by atoms with Crippen LogP contribution < -0.4 is 10.1 Å². The fraction of sp³-hybridized carbons (Fsp3) is 0.143. The van der Waals surface area contributed by atoms with Gasteiger partial charge in [-0.05, 0) is 42.5 Å². The number of nitrogens with one attached hydrogen (secondary N) is 1. The number of alkyl halides is 3. The number of fused-ring (bicyclic) bond motifs is 2. The normalized spacial score (nSPS) is 13.9. The van der Waals surface area contributed by atoms with Gasteiger partial charge in [-0.2, -0.15) is 18.2 Å². The van der Waals surface area contributed by atoms with Gasteiger partial charge in [0, 0.05) is 17.3 Å². The Kier molecular flexibility index (Phi) is 4.74. The molecule has 1 aromatic carbocycles. The van der Waals surface area contributed by atoms with Crippen molar-refractivity contribution in [3.63, 3.8) is 0 Å². The molecule has 0 aliphatic carbocycles. The summed E-state index contributed by atoms with van der Waals surface area (Å²) in [5.41, 5.74) is 0.612. The van der Waals surface area contributed by atoms with Crippen molar-refractivity contribution in [2.24, 2.45) is 0 Å². The molecule has 1 aliphatic heterocycles. The maximum atomic E-state index is 13.0. The third-order valence-electron chi connectivity index (χ3n) is 4.93. The van der Waals surface area contributed by atoms with Crippen molar-refractivity contribution in [3.8, 4) is 23.1 Å². The Morgan fingerprint density at radius 1 is 1.12 bits per heavy atom. The lowest BCUT2D eigenvalue weighted by Crippen LogP contribution is -2.24. The second-order valence-corrected chi connectivity index (χ2v) is 7.31. The van der Waals surface area contributed by atoms with Crippen LogP contribution in [0.3, 0.4) is 0 Å². The van der Waals surface area contributed by atoms with Gasteiger partial charge in [0.15, 0.2) is 5.82 Å². The first-order valence-corrected chi connectivity index (χ1v) is 9.84. The van der Waals surface area contributed by atoms with Crippen molar-refractivity contribution in [1.29, 1.82) is 0 Å². The first kappa shape index (κ1) is 20.3. The Morgan fingerprint density at radius 3 is 2.66 bits per heavy atom. The maximum absolute atomic E-state index is 13.0. The van der Waals surface area contributed by atoms with E-state index in [1.165, 1.54) is 12.1 Å².